The highest BCUT2D eigenvalue weighted by Crippen LogP contribution is 2.46. The van der Waals surface area contributed by atoms with Crippen LogP contribution in [-0.4, -0.2) is 35.5 Å². The summed E-state index contributed by atoms with van der Waals surface area (Å²) in [6.45, 7) is 0. The van der Waals surface area contributed by atoms with Crippen LogP contribution >= 0.6 is 11.6 Å². The van der Waals surface area contributed by atoms with Crippen LogP contribution in [0, 0.1) is 5.92 Å². The van der Waals surface area contributed by atoms with E-state index in [4.69, 9.17) is 28.8 Å². The van der Waals surface area contributed by atoms with Gasteiger partial charge in [-0.05, 0) is 6.08 Å². The largest absolute Gasteiger partial charge is 0.399 e. The number of primary amides is 1. The third kappa shape index (κ3) is 1.38. The molecule has 2 unspecified atom stereocenters. The molecule has 2 aliphatic heterocycles. The highest BCUT2D eigenvalue weighted by molar-refractivity contribution is 6.44. The van der Waals surface area contributed by atoms with E-state index in [2.05, 4.69) is 4.99 Å². The van der Waals surface area contributed by atoms with E-state index >= 15 is 0 Å². The summed E-state index contributed by atoms with van der Waals surface area (Å²) < 4.78 is 0. The van der Waals surface area contributed by atoms with Gasteiger partial charge in [0.15, 0.2) is 0 Å². The first-order chi connectivity index (χ1) is 9.34. The third-order valence-corrected chi connectivity index (χ3v) is 4.19. The number of aliphatic imine (C=N–C) groups is 1. The predicted molar refractivity (Wildman–Crippen MR) is 73.0 cm³/mol. The Morgan fingerprint density at radius 2 is 2.10 bits per heavy atom. The van der Waals surface area contributed by atoms with Gasteiger partial charge in [-0.15, -0.1) is 0 Å². The molecule has 0 aromatic heterocycles. The Hall–Kier alpha value is -2.28. The molecule has 0 saturated carbocycles. The first kappa shape index (κ1) is 12.7. The van der Waals surface area contributed by atoms with Gasteiger partial charge in [0.25, 0.3) is 11.8 Å². The summed E-state index contributed by atoms with van der Waals surface area (Å²) in [6, 6.07) is -0.624. The van der Waals surface area contributed by atoms with Crippen LogP contribution in [0.25, 0.3) is 0 Å². The zero-order chi connectivity index (χ0) is 14.8. The van der Waals surface area contributed by atoms with Crippen LogP contribution in [0.15, 0.2) is 38.8 Å². The summed E-state index contributed by atoms with van der Waals surface area (Å²) in [7, 11) is 1.59. The number of hydrogen-bond acceptors (Lipinski definition) is 5. The van der Waals surface area contributed by atoms with Crippen LogP contribution in [0.4, 0.5) is 0 Å². The lowest BCUT2D eigenvalue weighted by molar-refractivity contribution is -0.122. The van der Waals surface area contributed by atoms with E-state index in [0.29, 0.717) is 11.3 Å². The van der Waals surface area contributed by atoms with Crippen molar-refractivity contribution in [1.29, 1.82) is 0 Å². The normalized spacial score (nSPS) is 28.5. The lowest BCUT2D eigenvalue weighted by Crippen LogP contribution is -2.38. The molecule has 8 heteroatoms. The van der Waals surface area contributed by atoms with E-state index in [1.807, 2.05) is 0 Å². The quantitative estimate of drug-likeness (QED) is 0.567. The van der Waals surface area contributed by atoms with E-state index in [-0.39, 0.29) is 28.0 Å². The number of likely N-dealkylation sites (tertiary alicyclic amines) is 1. The fraction of sp³-hybridized carbons (Fsp3) is 0.250. The maximum Gasteiger partial charge on any atom is 0.266 e. The van der Waals surface area contributed by atoms with E-state index in [1.54, 1.807) is 7.05 Å². The van der Waals surface area contributed by atoms with Gasteiger partial charge in [-0.25, -0.2) is 0 Å². The molecule has 0 bridgehead atoms. The summed E-state index contributed by atoms with van der Waals surface area (Å²) in [6.07, 6.45) is 1.40. The minimum Gasteiger partial charge on any atom is -0.399 e. The first-order valence-electron chi connectivity index (χ1n) is 5.87. The van der Waals surface area contributed by atoms with Gasteiger partial charge in [0.05, 0.1) is 28.0 Å². The van der Waals surface area contributed by atoms with Crippen molar-refractivity contribution in [2.75, 3.05) is 7.05 Å². The molecule has 2 amide bonds. The van der Waals surface area contributed by atoms with Gasteiger partial charge in [-0.1, -0.05) is 11.6 Å². The van der Waals surface area contributed by atoms with E-state index in [1.165, 1.54) is 11.0 Å². The molecule has 1 fully saturated rings. The smallest absolute Gasteiger partial charge is 0.266 e. The van der Waals surface area contributed by atoms with Gasteiger partial charge < -0.3 is 22.1 Å². The Bertz CT molecular complexity index is 688. The standard InChI is InChI=1S/C12H12ClN5O2/c1-18-10-5-3(12(18)20)2-4(11(16)19)17-9(5)7(14)6(13)8(10)15/h2,5,9H,14-15H2,1H3,(H2,16,19). The molecule has 1 saturated heterocycles. The molecule has 2 heterocycles. The molecule has 7 nitrogen and oxygen atoms in total. The average Bonchev–Trinajstić information content (AvgIpc) is 2.67. The van der Waals surface area contributed by atoms with Gasteiger partial charge in [0.2, 0.25) is 0 Å². The molecule has 0 aromatic carbocycles. The molecular formula is C12H12ClN5O2. The predicted octanol–water partition coefficient (Wildman–Crippen LogP) is -1.10. The molecule has 104 valence electrons. The Morgan fingerprint density at radius 3 is 2.70 bits per heavy atom. The highest BCUT2D eigenvalue weighted by Gasteiger charge is 2.49. The number of dihydropyridines is 1. The number of nitrogens with two attached hydrogens (primary N) is 3. The number of allylic oxidation sites excluding steroid dienone is 1. The molecule has 3 aliphatic rings. The Kier molecular flexibility index (Phi) is 2.46. The Morgan fingerprint density at radius 1 is 1.45 bits per heavy atom. The van der Waals surface area contributed by atoms with E-state index in [0.717, 1.165) is 0 Å². The SMILES string of the molecule is CN1C(=O)C2=CC(C(N)=O)=NC3C(N)=C(Cl)C(N)=C1C23. The molecule has 0 radical (unpaired) electrons. The molecule has 0 aromatic rings. The van der Waals surface area contributed by atoms with E-state index < -0.39 is 17.9 Å². The summed E-state index contributed by atoms with van der Waals surface area (Å²) >= 11 is 6.10. The van der Waals surface area contributed by atoms with Crippen molar-refractivity contribution < 1.29 is 9.59 Å². The lowest BCUT2D eigenvalue weighted by atomic mass is 9.82. The molecule has 6 N–H and O–H groups in total. The molecule has 0 spiro atoms. The maximum atomic E-state index is 12.3. The topological polar surface area (TPSA) is 128 Å². The zero-order valence-corrected chi connectivity index (χ0v) is 11.3. The first-order valence-corrected chi connectivity index (χ1v) is 6.24. The van der Waals surface area contributed by atoms with Crippen molar-refractivity contribution in [1.82, 2.24) is 4.90 Å². The minimum atomic E-state index is -0.716. The summed E-state index contributed by atoms with van der Waals surface area (Å²) in [5, 5.41) is 0.164. The molecular weight excluding hydrogens is 282 g/mol. The molecule has 2 atom stereocenters. The second kappa shape index (κ2) is 3.86. The molecule has 3 rings (SSSR count). The number of hydrogen-bond donors (Lipinski definition) is 3. The van der Waals surface area contributed by atoms with Gasteiger partial charge in [0, 0.05) is 12.6 Å². The second-order valence-corrected chi connectivity index (χ2v) is 5.21. The number of carbonyl (C=O) groups excluding carboxylic acids is 2. The monoisotopic (exact) mass is 293 g/mol. The zero-order valence-electron chi connectivity index (χ0n) is 10.6. The number of rotatable bonds is 1. The third-order valence-electron chi connectivity index (χ3n) is 3.77. The van der Waals surface area contributed by atoms with Gasteiger partial charge in [-0.3, -0.25) is 14.6 Å². The van der Waals surface area contributed by atoms with Crippen LogP contribution in [0.2, 0.25) is 0 Å². The number of halogens is 1. The second-order valence-electron chi connectivity index (χ2n) is 4.83. The lowest BCUT2D eigenvalue weighted by Gasteiger charge is -2.31. The van der Waals surface area contributed by atoms with Crippen molar-refractivity contribution in [2.45, 2.75) is 6.04 Å². The van der Waals surface area contributed by atoms with E-state index in [9.17, 15) is 9.59 Å². The molecule has 20 heavy (non-hydrogen) atoms. The van der Waals surface area contributed by atoms with Crippen molar-refractivity contribution >= 4 is 29.1 Å². The van der Waals surface area contributed by atoms with Crippen molar-refractivity contribution in [2.24, 2.45) is 28.1 Å². The fourth-order valence-electron chi connectivity index (χ4n) is 2.80. The maximum absolute atomic E-state index is 12.3. The van der Waals surface area contributed by atoms with Gasteiger partial charge in [0.1, 0.15) is 11.8 Å². The van der Waals surface area contributed by atoms with Crippen LogP contribution in [0.3, 0.4) is 0 Å². The number of carbonyl (C=O) groups is 2. The van der Waals surface area contributed by atoms with Gasteiger partial charge >= 0.3 is 0 Å². The minimum absolute atomic E-state index is 0.0112. The van der Waals surface area contributed by atoms with Gasteiger partial charge in [-0.2, -0.15) is 0 Å². The fourth-order valence-corrected chi connectivity index (χ4v) is 3.01. The van der Waals surface area contributed by atoms with Crippen molar-refractivity contribution in [3.8, 4) is 0 Å². The highest BCUT2D eigenvalue weighted by atomic mass is 35.5. The van der Waals surface area contributed by atoms with Crippen LogP contribution < -0.4 is 17.2 Å². The molecule has 1 aliphatic carbocycles. The van der Waals surface area contributed by atoms with Crippen LogP contribution in [0.5, 0.6) is 0 Å². The Labute approximate surface area is 119 Å². The summed E-state index contributed by atoms with van der Waals surface area (Å²) in [5.41, 5.74) is 18.6. The number of amides is 2. The van der Waals surface area contributed by atoms with Crippen molar-refractivity contribution in [3.63, 3.8) is 0 Å². The number of nitrogens with zero attached hydrogens (tertiary/aromatic N) is 2. The van der Waals surface area contributed by atoms with Crippen LogP contribution in [-0.2, 0) is 9.59 Å². The summed E-state index contributed by atoms with van der Waals surface area (Å²) in [5.74, 6) is -1.38. The summed E-state index contributed by atoms with van der Waals surface area (Å²) in [4.78, 5) is 29.2. The van der Waals surface area contributed by atoms with Crippen LogP contribution in [0.1, 0.15) is 0 Å². The number of likely N-dealkylation sites (N-methyl/N-ethyl adjacent to an activating group) is 1. The van der Waals surface area contributed by atoms with Crippen molar-refractivity contribution in [3.05, 3.63) is 33.8 Å². The Balaban J connectivity index is 2.28. The average molecular weight is 294 g/mol.